The molecular formula is C16H15FN4OS. The second-order valence-electron chi connectivity index (χ2n) is 5.09. The van der Waals surface area contributed by atoms with Crippen molar-refractivity contribution in [2.24, 2.45) is 7.05 Å². The van der Waals surface area contributed by atoms with Gasteiger partial charge in [0.1, 0.15) is 5.82 Å². The Balaban J connectivity index is 1.60. The highest BCUT2D eigenvalue weighted by atomic mass is 32.1. The number of hydrogen-bond donors (Lipinski definition) is 1. The second-order valence-corrected chi connectivity index (χ2v) is 5.95. The molecule has 1 aromatic carbocycles. The third-order valence-corrected chi connectivity index (χ3v) is 4.06. The van der Waals surface area contributed by atoms with Crippen molar-refractivity contribution in [3.8, 4) is 11.3 Å². The summed E-state index contributed by atoms with van der Waals surface area (Å²) in [7, 11) is 1.84. The molecule has 2 heterocycles. The zero-order valence-corrected chi connectivity index (χ0v) is 13.3. The standard InChI is InChI=1S/C16H15FN4OS/c1-21-9-11(8-18-21)6-7-15(22)20-16-19-14(10-23-16)12-4-2-3-5-13(12)17/h2-5,8-10H,6-7H2,1H3,(H,19,20,22). The lowest BCUT2D eigenvalue weighted by Crippen LogP contribution is -2.12. The topological polar surface area (TPSA) is 59.8 Å². The zero-order valence-electron chi connectivity index (χ0n) is 12.5. The van der Waals surface area contributed by atoms with Crippen molar-refractivity contribution in [1.29, 1.82) is 0 Å². The van der Waals surface area contributed by atoms with E-state index in [2.05, 4.69) is 15.4 Å². The molecule has 0 aliphatic carbocycles. The van der Waals surface area contributed by atoms with Crippen molar-refractivity contribution in [2.75, 3.05) is 5.32 Å². The first-order chi connectivity index (χ1) is 11.1. The van der Waals surface area contributed by atoms with Gasteiger partial charge in [-0.05, 0) is 24.1 Å². The Morgan fingerprint density at radius 2 is 2.22 bits per heavy atom. The van der Waals surface area contributed by atoms with Gasteiger partial charge in [-0.2, -0.15) is 5.10 Å². The molecule has 3 rings (SSSR count). The van der Waals surface area contributed by atoms with Crippen molar-refractivity contribution in [2.45, 2.75) is 12.8 Å². The van der Waals surface area contributed by atoms with Crippen LogP contribution in [-0.4, -0.2) is 20.7 Å². The fraction of sp³-hybridized carbons (Fsp3) is 0.188. The summed E-state index contributed by atoms with van der Waals surface area (Å²) in [6.45, 7) is 0. The molecule has 7 heteroatoms. The van der Waals surface area contributed by atoms with E-state index in [-0.39, 0.29) is 11.7 Å². The van der Waals surface area contributed by atoms with Gasteiger partial charge in [0.15, 0.2) is 5.13 Å². The predicted octanol–water partition coefficient (Wildman–Crippen LogP) is 3.25. The summed E-state index contributed by atoms with van der Waals surface area (Å²) in [4.78, 5) is 16.2. The van der Waals surface area contributed by atoms with E-state index in [1.54, 1.807) is 34.5 Å². The van der Waals surface area contributed by atoms with E-state index >= 15 is 0 Å². The molecule has 3 aromatic rings. The molecule has 0 spiro atoms. The molecular weight excluding hydrogens is 315 g/mol. The van der Waals surface area contributed by atoms with Crippen molar-refractivity contribution in [1.82, 2.24) is 14.8 Å². The number of rotatable bonds is 5. The number of nitrogens with one attached hydrogen (secondary N) is 1. The van der Waals surface area contributed by atoms with Crippen LogP contribution in [0.3, 0.4) is 0 Å². The number of aryl methyl sites for hydroxylation is 2. The van der Waals surface area contributed by atoms with Crippen LogP contribution in [0.1, 0.15) is 12.0 Å². The van der Waals surface area contributed by atoms with E-state index in [1.165, 1.54) is 17.4 Å². The molecule has 0 atom stereocenters. The molecule has 0 fully saturated rings. The Kier molecular flexibility index (Phi) is 4.47. The van der Waals surface area contributed by atoms with Gasteiger partial charge in [0.05, 0.1) is 11.9 Å². The summed E-state index contributed by atoms with van der Waals surface area (Å²) in [6.07, 6.45) is 4.59. The molecule has 1 amide bonds. The molecule has 0 radical (unpaired) electrons. The molecule has 5 nitrogen and oxygen atoms in total. The molecule has 0 aliphatic heterocycles. The Morgan fingerprint density at radius 3 is 2.96 bits per heavy atom. The summed E-state index contributed by atoms with van der Waals surface area (Å²) in [6, 6.07) is 6.44. The van der Waals surface area contributed by atoms with Gasteiger partial charge in [-0.25, -0.2) is 9.37 Å². The number of thiazole rings is 1. The summed E-state index contributed by atoms with van der Waals surface area (Å²) in [5.41, 5.74) is 1.96. The summed E-state index contributed by atoms with van der Waals surface area (Å²) < 4.78 is 15.4. The number of halogens is 1. The lowest BCUT2D eigenvalue weighted by Gasteiger charge is -2.01. The highest BCUT2D eigenvalue weighted by Crippen LogP contribution is 2.26. The van der Waals surface area contributed by atoms with Gasteiger partial charge >= 0.3 is 0 Å². The van der Waals surface area contributed by atoms with Crippen LogP contribution in [0.5, 0.6) is 0 Å². The minimum absolute atomic E-state index is 0.122. The molecule has 0 saturated carbocycles. The van der Waals surface area contributed by atoms with Gasteiger partial charge < -0.3 is 5.32 Å². The van der Waals surface area contributed by atoms with Crippen molar-refractivity contribution < 1.29 is 9.18 Å². The van der Waals surface area contributed by atoms with E-state index in [0.29, 0.717) is 29.2 Å². The maximum absolute atomic E-state index is 13.7. The number of carbonyl (C=O) groups excluding carboxylic acids is 1. The molecule has 0 aliphatic rings. The normalized spacial score (nSPS) is 10.7. The van der Waals surface area contributed by atoms with E-state index in [0.717, 1.165) is 5.56 Å². The lowest BCUT2D eigenvalue weighted by molar-refractivity contribution is -0.116. The fourth-order valence-corrected chi connectivity index (χ4v) is 2.89. The number of anilines is 1. The average molecular weight is 330 g/mol. The van der Waals surface area contributed by atoms with Gasteiger partial charge in [-0.1, -0.05) is 12.1 Å². The van der Waals surface area contributed by atoms with Crippen LogP contribution in [0.25, 0.3) is 11.3 Å². The van der Waals surface area contributed by atoms with Gasteiger partial charge in [0, 0.05) is 30.6 Å². The van der Waals surface area contributed by atoms with Crippen LogP contribution < -0.4 is 5.32 Å². The van der Waals surface area contributed by atoms with E-state index in [1.807, 2.05) is 13.2 Å². The Bertz CT molecular complexity index is 827. The molecule has 1 N–H and O–H groups in total. The minimum atomic E-state index is -0.327. The first kappa shape index (κ1) is 15.4. The van der Waals surface area contributed by atoms with Crippen LogP contribution in [-0.2, 0) is 18.3 Å². The monoisotopic (exact) mass is 330 g/mol. The number of nitrogens with zero attached hydrogens (tertiary/aromatic N) is 3. The lowest BCUT2D eigenvalue weighted by atomic mass is 10.2. The summed E-state index contributed by atoms with van der Waals surface area (Å²) >= 11 is 1.28. The van der Waals surface area contributed by atoms with Crippen molar-refractivity contribution in [3.63, 3.8) is 0 Å². The number of amides is 1. The van der Waals surface area contributed by atoms with Gasteiger partial charge in [0.25, 0.3) is 0 Å². The van der Waals surface area contributed by atoms with Gasteiger partial charge in [-0.15, -0.1) is 11.3 Å². The number of carbonyl (C=O) groups is 1. The predicted molar refractivity (Wildman–Crippen MR) is 87.7 cm³/mol. The van der Waals surface area contributed by atoms with Crippen LogP contribution in [0.15, 0.2) is 42.0 Å². The maximum atomic E-state index is 13.7. The van der Waals surface area contributed by atoms with Crippen LogP contribution in [0.2, 0.25) is 0 Å². The number of benzene rings is 1. The SMILES string of the molecule is Cn1cc(CCC(=O)Nc2nc(-c3ccccc3F)cs2)cn1. The first-order valence-corrected chi connectivity index (χ1v) is 7.97. The van der Waals surface area contributed by atoms with Gasteiger partial charge in [-0.3, -0.25) is 9.48 Å². The van der Waals surface area contributed by atoms with Crippen LogP contribution in [0, 0.1) is 5.82 Å². The van der Waals surface area contributed by atoms with Crippen LogP contribution in [0.4, 0.5) is 9.52 Å². The molecule has 23 heavy (non-hydrogen) atoms. The maximum Gasteiger partial charge on any atom is 0.226 e. The molecule has 0 saturated heterocycles. The van der Waals surface area contributed by atoms with Crippen molar-refractivity contribution >= 4 is 22.4 Å². The Morgan fingerprint density at radius 1 is 1.39 bits per heavy atom. The highest BCUT2D eigenvalue weighted by molar-refractivity contribution is 7.14. The van der Waals surface area contributed by atoms with E-state index in [4.69, 9.17) is 0 Å². The summed E-state index contributed by atoms with van der Waals surface area (Å²) in [5.74, 6) is -0.449. The largest absolute Gasteiger partial charge is 0.302 e. The third kappa shape index (κ3) is 3.81. The van der Waals surface area contributed by atoms with Crippen molar-refractivity contribution in [3.05, 3.63) is 53.4 Å². The summed E-state index contributed by atoms with van der Waals surface area (Å²) in [5, 5.41) is 9.01. The average Bonchev–Trinajstić information content (AvgIpc) is 3.15. The quantitative estimate of drug-likeness (QED) is 0.781. The zero-order chi connectivity index (χ0) is 16.2. The minimum Gasteiger partial charge on any atom is -0.302 e. The smallest absolute Gasteiger partial charge is 0.226 e. The fourth-order valence-electron chi connectivity index (χ4n) is 2.16. The highest BCUT2D eigenvalue weighted by Gasteiger charge is 2.11. The second kappa shape index (κ2) is 6.70. The Labute approximate surface area is 136 Å². The number of aromatic nitrogens is 3. The van der Waals surface area contributed by atoms with Gasteiger partial charge in [0.2, 0.25) is 5.91 Å². The molecule has 0 unspecified atom stereocenters. The Hall–Kier alpha value is -2.54. The molecule has 118 valence electrons. The molecule has 0 bridgehead atoms. The first-order valence-electron chi connectivity index (χ1n) is 7.09. The third-order valence-electron chi connectivity index (χ3n) is 3.30. The number of hydrogen-bond acceptors (Lipinski definition) is 4. The van der Waals surface area contributed by atoms with E-state index < -0.39 is 0 Å². The van der Waals surface area contributed by atoms with E-state index in [9.17, 15) is 9.18 Å². The van der Waals surface area contributed by atoms with Crippen LogP contribution >= 0.6 is 11.3 Å². The molecule has 2 aromatic heterocycles.